The first-order valence-electron chi connectivity index (χ1n) is 14.4. The van der Waals surface area contributed by atoms with Crippen molar-refractivity contribution in [2.75, 3.05) is 32.1 Å². The van der Waals surface area contributed by atoms with Crippen molar-refractivity contribution in [3.63, 3.8) is 0 Å². The van der Waals surface area contributed by atoms with E-state index < -0.39 is 0 Å². The van der Waals surface area contributed by atoms with Gasteiger partial charge in [0.2, 0.25) is 5.91 Å². The summed E-state index contributed by atoms with van der Waals surface area (Å²) >= 11 is 0. The number of fused-ring (bicyclic) bond motifs is 1. The number of tetrazole rings is 1. The lowest BCUT2D eigenvalue weighted by atomic mass is 9.99. The van der Waals surface area contributed by atoms with E-state index in [9.17, 15) is 14.7 Å². The van der Waals surface area contributed by atoms with E-state index in [1.807, 2.05) is 25.1 Å². The van der Waals surface area contributed by atoms with Gasteiger partial charge in [0.15, 0.2) is 0 Å². The molecule has 11 nitrogen and oxygen atoms in total. The van der Waals surface area contributed by atoms with E-state index in [2.05, 4.69) is 76.1 Å². The van der Waals surface area contributed by atoms with Crippen LogP contribution in [0.3, 0.4) is 0 Å². The number of rotatable bonds is 10. The van der Waals surface area contributed by atoms with E-state index in [0.29, 0.717) is 30.1 Å². The topological polar surface area (TPSA) is 126 Å². The average molecular weight is 584 g/mol. The molecule has 1 aliphatic rings. The zero-order valence-electron chi connectivity index (χ0n) is 24.6. The Bertz CT molecular complexity index is 1510. The van der Waals surface area contributed by atoms with E-state index in [-0.39, 0.29) is 43.0 Å². The Labute approximate surface area is 251 Å². The van der Waals surface area contributed by atoms with Crippen molar-refractivity contribution in [3.8, 4) is 16.9 Å². The summed E-state index contributed by atoms with van der Waals surface area (Å²) in [7, 11) is 2.06. The van der Waals surface area contributed by atoms with Crippen LogP contribution < -0.4 is 10.1 Å². The minimum absolute atomic E-state index is 0.00956. The van der Waals surface area contributed by atoms with Crippen molar-refractivity contribution in [1.29, 1.82) is 0 Å². The number of carbonyl (C=O) groups excluding carboxylic acids is 2. The Morgan fingerprint density at radius 2 is 1.86 bits per heavy atom. The van der Waals surface area contributed by atoms with Gasteiger partial charge in [-0.2, -0.15) is 0 Å². The molecule has 1 aliphatic heterocycles. The van der Waals surface area contributed by atoms with Crippen molar-refractivity contribution in [2.45, 2.75) is 39.1 Å². The van der Waals surface area contributed by atoms with Gasteiger partial charge in [-0.1, -0.05) is 61.5 Å². The number of carbonyl (C=O) groups is 2. The third-order valence-corrected chi connectivity index (χ3v) is 7.65. The maximum absolute atomic E-state index is 13.7. The molecule has 0 fully saturated rings. The summed E-state index contributed by atoms with van der Waals surface area (Å²) < 4.78 is 7.82. The summed E-state index contributed by atoms with van der Waals surface area (Å²) in [5.74, 6) is -0.164. The van der Waals surface area contributed by atoms with E-state index in [0.717, 1.165) is 6.54 Å². The van der Waals surface area contributed by atoms with Gasteiger partial charge in [-0.3, -0.25) is 14.5 Å². The number of aliphatic hydroxyl groups excluding tert-OH is 1. The minimum atomic E-state index is -0.388. The summed E-state index contributed by atoms with van der Waals surface area (Å²) in [6, 6.07) is 23.5. The van der Waals surface area contributed by atoms with Crippen LogP contribution in [-0.2, 0) is 17.9 Å². The first-order valence-corrected chi connectivity index (χ1v) is 14.4. The second-order valence-electron chi connectivity index (χ2n) is 11.1. The Balaban J connectivity index is 1.32. The zero-order valence-corrected chi connectivity index (χ0v) is 24.6. The standard InChI is InChI=1S/C32H37N7O4/c1-22-16-39(23(2)20-40)32(42)28-15-27(34-31(41)19-38-21-33-35-36-38)13-14-29(28)43-30(22)18-37(3)17-24-9-11-26(12-10-24)25-7-5-4-6-8-25/h4-15,21-23,30,40H,16-20H2,1-3H3,(H,34,41)/t22-,23-,30-/m1/s1. The van der Waals surface area contributed by atoms with E-state index in [1.54, 1.807) is 23.1 Å². The first-order chi connectivity index (χ1) is 20.8. The normalized spacial score (nSPS) is 17.5. The number of ether oxygens (including phenoxy) is 1. The van der Waals surface area contributed by atoms with Crippen LogP contribution in [0, 0.1) is 5.92 Å². The van der Waals surface area contributed by atoms with Crippen molar-refractivity contribution in [1.82, 2.24) is 30.0 Å². The van der Waals surface area contributed by atoms with Gasteiger partial charge in [0.05, 0.1) is 18.2 Å². The van der Waals surface area contributed by atoms with Crippen LogP contribution >= 0.6 is 0 Å². The van der Waals surface area contributed by atoms with Gasteiger partial charge in [-0.15, -0.1) is 5.10 Å². The molecule has 0 radical (unpaired) electrons. The highest BCUT2D eigenvalue weighted by Gasteiger charge is 2.33. The predicted octanol–water partition coefficient (Wildman–Crippen LogP) is 3.33. The fourth-order valence-corrected chi connectivity index (χ4v) is 5.24. The van der Waals surface area contributed by atoms with Crippen LogP contribution in [0.2, 0.25) is 0 Å². The average Bonchev–Trinajstić information content (AvgIpc) is 3.52. The summed E-state index contributed by atoms with van der Waals surface area (Å²) in [6.45, 7) is 5.43. The molecule has 0 aliphatic carbocycles. The highest BCUT2D eigenvalue weighted by atomic mass is 16.5. The first kappa shape index (κ1) is 29.9. The van der Waals surface area contributed by atoms with Gasteiger partial charge in [0.25, 0.3) is 5.91 Å². The third-order valence-electron chi connectivity index (χ3n) is 7.65. The molecule has 2 amide bonds. The molecule has 3 aromatic carbocycles. The summed E-state index contributed by atoms with van der Waals surface area (Å²) in [6.07, 6.45) is 1.12. The molecule has 43 heavy (non-hydrogen) atoms. The van der Waals surface area contributed by atoms with Crippen molar-refractivity contribution >= 4 is 17.5 Å². The quantitative estimate of drug-likeness (QED) is 0.291. The molecular weight excluding hydrogens is 546 g/mol. The van der Waals surface area contributed by atoms with Gasteiger partial charge in [0, 0.05) is 31.2 Å². The molecule has 2 heterocycles. The largest absolute Gasteiger partial charge is 0.488 e. The summed E-state index contributed by atoms with van der Waals surface area (Å²) in [4.78, 5) is 30.2. The molecule has 0 bridgehead atoms. The van der Waals surface area contributed by atoms with Crippen LogP contribution in [-0.4, -0.2) is 85.8 Å². The summed E-state index contributed by atoms with van der Waals surface area (Å²) in [5.41, 5.74) is 4.33. The third kappa shape index (κ3) is 7.43. The number of nitrogens with one attached hydrogen (secondary N) is 1. The fraction of sp³-hybridized carbons (Fsp3) is 0.344. The van der Waals surface area contributed by atoms with E-state index in [1.165, 1.54) is 27.7 Å². The lowest BCUT2D eigenvalue weighted by Crippen LogP contribution is -2.49. The van der Waals surface area contributed by atoms with Crippen molar-refractivity contribution in [3.05, 3.63) is 90.3 Å². The van der Waals surface area contributed by atoms with Gasteiger partial charge < -0.3 is 20.1 Å². The molecule has 1 aromatic heterocycles. The van der Waals surface area contributed by atoms with Crippen LogP contribution in [0.15, 0.2) is 79.1 Å². The minimum Gasteiger partial charge on any atom is -0.488 e. The number of benzene rings is 3. The smallest absolute Gasteiger partial charge is 0.258 e. The number of aliphatic hydroxyl groups is 1. The van der Waals surface area contributed by atoms with Crippen molar-refractivity contribution < 1.29 is 19.4 Å². The second-order valence-corrected chi connectivity index (χ2v) is 11.1. The van der Waals surface area contributed by atoms with Gasteiger partial charge in [0.1, 0.15) is 24.7 Å². The van der Waals surface area contributed by atoms with Crippen LogP contribution in [0.4, 0.5) is 5.69 Å². The zero-order chi connectivity index (χ0) is 30.3. The predicted molar refractivity (Wildman–Crippen MR) is 162 cm³/mol. The SMILES string of the molecule is C[C@@H]1CN([C@H](C)CO)C(=O)c2cc(NC(=O)Cn3cnnn3)ccc2O[C@@H]1CN(C)Cc1ccc(-c2ccccc2)cc1. The van der Waals surface area contributed by atoms with E-state index >= 15 is 0 Å². The fourth-order valence-electron chi connectivity index (χ4n) is 5.24. The molecule has 5 rings (SSSR count). The molecule has 3 atom stereocenters. The highest BCUT2D eigenvalue weighted by Crippen LogP contribution is 2.31. The molecule has 0 unspecified atom stereocenters. The van der Waals surface area contributed by atoms with Gasteiger partial charge in [-0.25, -0.2) is 4.68 Å². The maximum Gasteiger partial charge on any atom is 0.258 e. The number of anilines is 1. The molecule has 11 heteroatoms. The Morgan fingerprint density at radius 3 is 2.56 bits per heavy atom. The van der Waals surface area contributed by atoms with Crippen LogP contribution in [0.1, 0.15) is 29.8 Å². The molecular formula is C32H37N7O4. The molecule has 224 valence electrons. The molecule has 0 spiro atoms. The molecule has 4 aromatic rings. The lowest BCUT2D eigenvalue weighted by Gasteiger charge is -2.38. The number of hydrogen-bond donors (Lipinski definition) is 2. The molecule has 0 saturated carbocycles. The number of aromatic nitrogens is 4. The number of hydrogen-bond acceptors (Lipinski definition) is 8. The second kappa shape index (κ2) is 13.6. The molecule has 0 saturated heterocycles. The van der Waals surface area contributed by atoms with Gasteiger partial charge in [-0.05, 0) is 59.3 Å². The lowest BCUT2D eigenvalue weighted by molar-refractivity contribution is -0.116. The number of likely N-dealkylation sites (N-methyl/N-ethyl adjacent to an activating group) is 1. The van der Waals surface area contributed by atoms with Gasteiger partial charge >= 0.3 is 0 Å². The summed E-state index contributed by atoms with van der Waals surface area (Å²) in [5, 5.41) is 23.5. The Hall–Kier alpha value is -4.61. The highest BCUT2D eigenvalue weighted by molar-refractivity contribution is 5.99. The van der Waals surface area contributed by atoms with Crippen molar-refractivity contribution in [2.24, 2.45) is 5.92 Å². The van der Waals surface area contributed by atoms with E-state index in [4.69, 9.17) is 4.74 Å². The number of amides is 2. The Kier molecular flexibility index (Phi) is 9.43. The molecule has 2 N–H and O–H groups in total. The van der Waals surface area contributed by atoms with Crippen LogP contribution in [0.5, 0.6) is 5.75 Å². The maximum atomic E-state index is 13.7. The Morgan fingerprint density at radius 1 is 1.12 bits per heavy atom. The number of nitrogens with zero attached hydrogens (tertiary/aromatic N) is 6. The van der Waals surface area contributed by atoms with Crippen LogP contribution in [0.25, 0.3) is 11.1 Å². The monoisotopic (exact) mass is 583 g/mol.